The van der Waals surface area contributed by atoms with Crippen LogP contribution in [0.5, 0.6) is 5.88 Å². The number of hydrogen-bond acceptors (Lipinski definition) is 6. The molecule has 3 aromatic rings. The number of halogens is 3. The lowest BCUT2D eigenvalue weighted by atomic mass is 9.96. The van der Waals surface area contributed by atoms with E-state index in [4.69, 9.17) is 5.11 Å². The van der Waals surface area contributed by atoms with E-state index in [1.165, 1.54) is 27.8 Å². The summed E-state index contributed by atoms with van der Waals surface area (Å²) in [5, 5.41) is 17.4. The molecule has 0 aromatic carbocycles. The zero-order valence-electron chi connectivity index (χ0n) is 16.1. The summed E-state index contributed by atoms with van der Waals surface area (Å²) in [6, 6.07) is 1.62. The molecule has 1 aliphatic rings. The van der Waals surface area contributed by atoms with Crippen molar-refractivity contribution in [2.24, 2.45) is 0 Å². The average molecular weight is 426 g/mol. The van der Waals surface area contributed by atoms with Crippen molar-refractivity contribution < 1.29 is 27.8 Å². The van der Waals surface area contributed by atoms with Crippen LogP contribution >= 0.6 is 0 Å². The van der Waals surface area contributed by atoms with Gasteiger partial charge in [-0.25, -0.2) is 9.50 Å². The first kappa shape index (κ1) is 21.6. The van der Waals surface area contributed by atoms with Crippen LogP contribution in [0.25, 0.3) is 5.65 Å². The number of aliphatic hydroxyl groups is 1. The molecule has 0 unspecified atom stereocenters. The first-order valence-corrected chi connectivity index (χ1v) is 9.30. The van der Waals surface area contributed by atoms with E-state index in [1.807, 2.05) is 0 Å². The molecule has 1 fully saturated rings. The number of amides is 1. The second-order valence-electron chi connectivity index (χ2n) is 6.57. The number of rotatable bonds is 4. The van der Waals surface area contributed by atoms with Gasteiger partial charge in [-0.05, 0) is 18.9 Å². The molecule has 3 heterocycles. The number of anilines is 1. The molecule has 1 amide bonds. The fourth-order valence-corrected chi connectivity index (χ4v) is 3.36. The summed E-state index contributed by atoms with van der Waals surface area (Å²) < 4.78 is 45.2. The van der Waals surface area contributed by atoms with Gasteiger partial charge < -0.3 is 15.2 Å². The highest BCUT2D eigenvalue weighted by Crippen LogP contribution is 2.34. The van der Waals surface area contributed by atoms with Gasteiger partial charge in [0, 0.05) is 19.5 Å². The molecule has 12 heteroatoms. The first-order chi connectivity index (χ1) is 14.4. The molecule has 0 bridgehead atoms. The predicted octanol–water partition coefficient (Wildman–Crippen LogP) is 3.19. The lowest BCUT2D eigenvalue weighted by Crippen LogP contribution is -2.20. The number of aliphatic hydroxyl groups excluding tert-OH is 1. The van der Waals surface area contributed by atoms with Gasteiger partial charge >= 0.3 is 6.36 Å². The summed E-state index contributed by atoms with van der Waals surface area (Å²) in [5.41, 5.74) is 0.269. The van der Waals surface area contributed by atoms with Gasteiger partial charge in [0.2, 0.25) is 0 Å². The van der Waals surface area contributed by atoms with Crippen molar-refractivity contribution in [3.8, 4) is 5.88 Å². The zero-order valence-corrected chi connectivity index (χ0v) is 16.1. The van der Waals surface area contributed by atoms with Gasteiger partial charge in [-0.3, -0.25) is 9.48 Å². The molecule has 0 radical (unpaired) electrons. The Bertz CT molecular complexity index is 995. The van der Waals surface area contributed by atoms with Gasteiger partial charge in [-0.2, -0.15) is 5.10 Å². The monoisotopic (exact) mass is 426 g/mol. The summed E-state index contributed by atoms with van der Waals surface area (Å²) in [7, 11) is 1.00. The Hall–Kier alpha value is -3.15. The van der Waals surface area contributed by atoms with Gasteiger partial charge in [0.15, 0.2) is 5.65 Å². The summed E-state index contributed by atoms with van der Waals surface area (Å²) in [4.78, 5) is 16.7. The van der Waals surface area contributed by atoms with E-state index in [0.717, 1.165) is 39.2 Å². The maximum atomic E-state index is 12.8. The highest BCUT2D eigenvalue weighted by molar-refractivity contribution is 6.08. The van der Waals surface area contributed by atoms with Crippen LogP contribution < -0.4 is 10.1 Å². The number of nitrogens with one attached hydrogen (secondary N) is 1. The smallest absolute Gasteiger partial charge is 0.400 e. The Balaban J connectivity index is 0.00000124. The Morgan fingerprint density at radius 2 is 2.00 bits per heavy atom. The van der Waals surface area contributed by atoms with Gasteiger partial charge in [-0.1, -0.05) is 19.3 Å². The molecule has 3 aromatic heterocycles. The SMILES string of the molecule is CO.O=C(Nc1cn(C2CCCCC2)nc1OC(F)(F)F)c1cnn2cccnc12. The highest BCUT2D eigenvalue weighted by Gasteiger charge is 2.35. The quantitative estimate of drug-likeness (QED) is 0.664. The standard InChI is InChI=1S/C17H17F3N6O2.CH4O/c18-17(19,20)28-16-13(10-26(24-16)11-5-2-1-3-6-11)23-15(27)12-9-22-25-8-4-7-21-14(12)25;1-2/h4,7-11H,1-3,5-6H2,(H,23,27);2H,1H3. The summed E-state index contributed by atoms with van der Waals surface area (Å²) >= 11 is 0. The molecule has 0 spiro atoms. The minimum Gasteiger partial charge on any atom is -0.400 e. The van der Waals surface area contributed by atoms with Gasteiger partial charge in [-0.15, -0.1) is 18.3 Å². The van der Waals surface area contributed by atoms with Crippen LogP contribution in [0.3, 0.4) is 0 Å². The molecule has 2 N–H and O–H groups in total. The minimum absolute atomic E-state index is 0.0198. The Kier molecular flexibility index (Phi) is 6.55. The predicted molar refractivity (Wildman–Crippen MR) is 100 cm³/mol. The number of hydrogen-bond donors (Lipinski definition) is 2. The molecule has 0 aliphatic heterocycles. The van der Waals surface area contributed by atoms with Gasteiger partial charge in [0.25, 0.3) is 11.8 Å². The van der Waals surface area contributed by atoms with Crippen molar-refractivity contribution in [2.75, 3.05) is 12.4 Å². The van der Waals surface area contributed by atoms with E-state index in [1.54, 1.807) is 12.3 Å². The van der Waals surface area contributed by atoms with E-state index >= 15 is 0 Å². The molecular formula is C18H21F3N6O3. The molecule has 0 saturated heterocycles. The largest absolute Gasteiger partial charge is 0.574 e. The zero-order chi connectivity index (χ0) is 21.7. The Morgan fingerprint density at radius 3 is 2.70 bits per heavy atom. The van der Waals surface area contributed by atoms with Crippen LogP contribution in [0, 0.1) is 0 Å². The highest BCUT2D eigenvalue weighted by atomic mass is 19.4. The van der Waals surface area contributed by atoms with Crippen LogP contribution in [0.2, 0.25) is 0 Å². The molecule has 4 rings (SSSR count). The molecule has 9 nitrogen and oxygen atoms in total. The second kappa shape index (κ2) is 9.11. The van der Waals surface area contributed by atoms with E-state index in [-0.39, 0.29) is 22.9 Å². The fraction of sp³-hybridized carbons (Fsp3) is 0.444. The number of carbonyl (C=O) groups is 1. The van der Waals surface area contributed by atoms with Crippen molar-refractivity contribution in [1.82, 2.24) is 24.4 Å². The Labute approximate surface area is 169 Å². The number of alkyl halides is 3. The fourth-order valence-electron chi connectivity index (χ4n) is 3.36. The number of fused-ring (bicyclic) bond motifs is 1. The molecule has 162 valence electrons. The van der Waals surface area contributed by atoms with Crippen LogP contribution in [-0.2, 0) is 0 Å². The van der Waals surface area contributed by atoms with Gasteiger partial charge in [0.05, 0.1) is 18.4 Å². The third-order valence-corrected chi connectivity index (χ3v) is 4.63. The normalized spacial score (nSPS) is 14.8. The number of nitrogens with zero attached hydrogens (tertiary/aromatic N) is 5. The van der Waals surface area contributed by atoms with Gasteiger partial charge in [0.1, 0.15) is 11.3 Å². The first-order valence-electron chi connectivity index (χ1n) is 9.30. The van der Waals surface area contributed by atoms with Crippen molar-refractivity contribution in [1.29, 1.82) is 0 Å². The number of carbonyl (C=O) groups excluding carboxylic acids is 1. The van der Waals surface area contributed by atoms with Crippen molar-refractivity contribution in [3.05, 3.63) is 36.4 Å². The molecule has 30 heavy (non-hydrogen) atoms. The lowest BCUT2D eigenvalue weighted by Gasteiger charge is -2.21. The van der Waals surface area contributed by atoms with Crippen molar-refractivity contribution in [2.45, 2.75) is 44.5 Å². The van der Waals surface area contributed by atoms with Crippen molar-refractivity contribution in [3.63, 3.8) is 0 Å². The second-order valence-corrected chi connectivity index (χ2v) is 6.57. The van der Waals surface area contributed by atoms with E-state index in [9.17, 15) is 18.0 Å². The number of ether oxygens (including phenoxy) is 1. The lowest BCUT2D eigenvalue weighted by molar-refractivity contribution is -0.276. The molecule has 0 atom stereocenters. The molecule has 1 saturated carbocycles. The van der Waals surface area contributed by atoms with Crippen LogP contribution in [-0.4, -0.2) is 48.9 Å². The summed E-state index contributed by atoms with van der Waals surface area (Å²) in [6.07, 6.45) is 5.56. The molecule has 1 aliphatic carbocycles. The average Bonchev–Trinajstić information content (AvgIpc) is 3.33. The van der Waals surface area contributed by atoms with Crippen LogP contribution in [0.4, 0.5) is 18.9 Å². The maximum Gasteiger partial charge on any atom is 0.574 e. The van der Waals surface area contributed by atoms with E-state index < -0.39 is 18.1 Å². The third kappa shape index (κ3) is 4.87. The third-order valence-electron chi connectivity index (χ3n) is 4.63. The van der Waals surface area contributed by atoms with E-state index in [2.05, 4.69) is 25.2 Å². The van der Waals surface area contributed by atoms with Crippen LogP contribution in [0.1, 0.15) is 48.5 Å². The van der Waals surface area contributed by atoms with E-state index in [0.29, 0.717) is 0 Å². The maximum absolute atomic E-state index is 12.8. The Morgan fingerprint density at radius 1 is 1.27 bits per heavy atom. The summed E-state index contributed by atoms with van der Waals surface area (Å²) in [6.45, 7) is 0. The molecular weight excluding hydrogens is 405 g/mol. The number of aromatic nitrogens is 5. The minimum atomic E-state index is -4.92. The van der Waals surface area contributed by atoms with Crippen molar-refractivity contribution >= 4 is 17.2 Å². The summed E-state index contributed by atoms with van der Waals surface area (Å²) in [5.74, 6) is -1.33. The topological polar surface area (TPSA) is 107 Å². The van der Waals surface area contributed by atoms with Crippen LogP contribution in [0.15, 0.2) is 30.9 Å².